The molecule has 0 aliphatic rings. The molecule has 2 rings (SSSR count). The largest absolute Gasteiger partial charge is 0.392 e. The molecule has 0 radical (unpaired) electrons. The van der Waals surface area contributed by atoms with Crippen molar-refractivity contribution < 1.29 is 18.0 Å². The molecular weight excluding hydrogens is 282 g/mol. The van der Waals surface area contributed by atoms with E-state index in [-0.39, 0.29) is 24.8 Å². The van der Waals surface area contributed by atoms with Crippen molar-refractivity contribution in [2.45, 2.75) is 25.8 Å². The minimum atomic E-state index is -3.51. The zero-order valence-electron chi connectivity index (χ0n) is 10.9. The van der Waals surface area contributed by atoms with Crippen LogP contribution in [0.15, 0.2) is 28.8 Å². The third-order valence-electron chi connectivity index (χ3n) is 2.54. The Kier molecular flexibility index (Phi) is 4.48. The molecule has 0 spiro atoms. The van der Waals surface area contributed by atoms with E-state index in [4.69, 9.17) is 9.63 Å². The molecule has 0 saturated heterocycles. The quantitative estimate of drug-likeness (QED) is 0.804. The second-order valence-corrected chi connectivity index (χ2v) is 6.10. The summed E-state index contributed by atoms with van der Waals surface area (Å²) in [4.78, 5) is 3.91. The van der Waals surface area contributed by atoms with E-state index >= 15 is 0 Å². The number of aliphatic hydroxyl groups is 1. The first-order valence-corrected chi connectivity index (χ1v) is 7.59. The number of aliphatic hydroxyl groups excluding tert-OH is 1. The van der Waals surface area contributed by atoms with Crippen LogP contribution in [-0.4, -0.2) is 23.7 Å². The van der Waals surface area contributed by atoms with E-state index in [9.17, 15) is 8.42 Å². The highest BCUT2D eigenvalue weighted by Gasteiger charge is 2.13. The van der Waals surface area contributed by atoms with E-state index in [0.29, 0.717) is 17.0 Å². The number of nitrogens with one attached hydrogen (secondary N) is 1. The van der Waals surface area contributed by atoms with Crippen molar-refractivity contribution in [2.24, 2.45) is 0 Å². The van der Waals surface area contributed by atoms with Crippen LogP contribution in [0.25, 0.3) is 0 Å². The maximum Gasteiger partial charge on any atom is 0.241 e. The standard InChI is InChI=1S/C12H15N3O4S/c1-9-14-12(19-15-9)6-13-20(17,18)8-11-4-2-3-10(5-11)7-16/h2-5,13,16H,6-8H2,1H3. The lowest BCUT2D eigenvalue weighted by Gasteiger charge is -2.06. The van der Waals surface area contributed by atoms with E-state index in [1.165, 1.54) is 0 Å². The van der Waals surface area contributed by atoms with Gasteiger partial charge in [-0.2, -0.15) is 4.98 Å². The average molecular weight is 297 g/mol. The normalized spacial score (nSPS) is 11.7. The van der Waals surface area contributed by atoms with Crippen LogP contribution in [0.1, 0.15) is 22.8 Å². The summed E-state index contributed by atoms with van der Waals surface area (Å²) in [6, 6.07) is 6.77. The minimum Gasteiger partial charge on any atom is -0.392 e. The Labute approximate surface area is 116 Å². The molecule has 0 bridgehead atoms. The first-order chi connectivity index (χ1) is 9.48. The van der Waals surface area contributed by atoms with Gasteiger partial charge in [-0.3, -0.25) is 0 Å². The van der Waals surface area contributed by atoms with Gasteiger partial charge < -0.3 is 9.63 Å². The van der Waals surface area contributed by atoms with Crippen LogP contribution in [-0.2, 0) is 28.9 Å². The second kappa shape index (κ2) is 6.12. The van der Waals surface area contributed by atoms with Gasteiger partial charge in [0.15, 0.2) is 5.82 Å². The van der Waals surface area contributed by atoms with Crippen molar-refractivity contribution in [1.82, 2.24) is 14.9 Å². The van der Waals surface area contributed by atoms with Crippen molar-refractivity contribution in [2.75, 3.05) is 0 Å². The van der Waals surface area contributed by atoms with Crippen molar-refractivity contribution in [3.8, 4) is 0 Å². The predicted molar refractivity (Wildman–Crippen MR) is 70.9 cm³/mol. The van der Waals surface area contributed by atoms with E-state index in [0.717, 1.165) is 0 Å². The number of aryl methyl sites for hydroxylation is 1. The van der Waals surface area contributed by atoms with E-state index < -0.39 is 10.0 Å². The third kappa shape index (κ3) is 4.12. The van der Waals surface area contributed by atoms with Crippen molar-refractivity contribution in [3.05, 3.63) is 47.1 Å². The van der Waals surface area contributed by atoms with E-state index in [2.05, 4.69) is 14.9 Å². The van der Waals surface area contributed by atoms with Gasteiger partial charge in [0.2, 0.25) is 15.9 Å². The zero-order chi connectivity index (χ0) is 14.6. The number of hydrogen-bond acceptors (Lipinski definition) is 6. The lowest BCUT2D eigenvalue weighted by Crippen LogP contribution is -2.24. The summed E-state index contributed by atoms with van der Waals surface area (Å²) in [5.41, 5.74) is 1.27. The van der Waals surface area contributed by atoms with Gasteiger partial charge in [-0.1, -0.05) is 29.4 Å². The highest BCUT2D eigenvalue weighted by atomic mass is 32.2. The summed E-state index contributed by atoms with van der Waals surface area (Å²) in [6.45, 7) is 1.49. The Morgan fingerprint density at radius 2 is 2.10 bits per heavy atom. The van der Waals surface area contributed by atoms with Crippen LogP contribution < -0.4 is 4.72 Å². The van der Waals surface area contributed by atoms with Gasteiger partial charge in [-0.05, 0) is 18.1 Å². The molecule has 0 aliphatic carbocycles. The average Bonchev–Trinajstić information content (AvgIpc) is 2.82. The zero-order valence-corrected chi connectivity index (χ0v) is 11.7. The Morgan fingerprint density at radius 1 is 1.35 bits per heavy atom. The molecule has 0 saturated carbocycles. The number of rotatable bonds is 6. The molecular formula is C12H15N3O4S. The van der Waals surface area contributed by atoms with Crippen molar-refractivity contribution in [3.63, 3.8) is 0 Å². The number of sulfonamides is 1. The van der Waals surface area contributed by atoms with Gasteiger partial charge in [0.05, 0.1) is 18.9 Å². The van der Waals surface area contributed by atoms with Crippen LogP contribution >= 0.6 is 0 Å². The van der Waals surface area contributed by atoms with Crippen LogP contribution in [0.4, 0.5) is 0 Å². The smallest absolute Gasteiger partial charge is 0.241 e. The van der Waals surface area contributed by atoms with Gasteiger partial charge in [0.25, 0.3) is 0 Å². The fourth-order valence-electron chi connectivity index (χ4n) is 1.67. The summed E-state index contributed by atoms with van der Waals surface area (Å²) < 4.78 is 31.0. The molecule has 1 heterocycles. The molecule has 0 unspecified atom stereocenters. The van der Waals surface area contributed by atoms with E-state index in [1.54, 1.807) is 31.2 Å². The topological polar surface area (TPSA) is 105 Å². The van der Waals surface area contributed by atoms with Crippen molar-refractivity contribution >= 4 is 10.0 Å². The highest BCUT2D eigenvalue weighted by molar-refractivity contribution is 7.88. The molecule has 1 aromatic carbocycles. The number of benzene rings is 1. The van der Waals surface area contributed by atoms with Gasteiger partial charge >= 0.3 is 0 Å². The molecule has 0 aliphatic heterocycles. The molecule has 108 valence electrons. The number of aromatic nitrogens is 2. The van der Waals surface area contributed by atoms with Crippen molar-refractivity contribution in [1.29, 1.82) is 0 Å². The Morgan fingerprint density at radius 3 is 2.75 bits per heavy atom. The Bertz CT molecular complexity index is 682. The molecule has 2 aromatic rings. The van der Waals surface area contributed by atoms with Gasteiger partial charge in [0.1, 0.15) is 0 Å². The molecule has 0 atom stereocenters. The summed E-state index contributed by atoms with van der Waals surface area (Å²) in [5, 5.41) is 12.6. The maximum atomic E-state index is 11.9. The van der Waals surface area contributed by atoms with Crippen LogP contribution in [0.5, 0.6) is 0 Å². The van der Waals surface area contributed by atoms with Crippen LogP contribution in [0.2, 0.25) is 0 Å². The van der Waals surface area contributed by atoms with E-state index in [1.807, 2.05) is 0 Å². The van der Waals surface area contributed by atoms with Gasteiger partial charge in [-0.25, -0.2) is 13.1 Å². The molecule has 20 heavy (non-hydrogen) atoms. The summed E-state index contributed by atoms with van der Waals surface area (Å²) in [7, 11) is -3.51. The Balaban J connectivity index is 1.99. The lowest BCUT2D eigenvalue weighted by atomic mass is 10.1. The first-order valence-electron chi connectivity index (χ1n) is 5.94. The molecule has 2 N–H and O–H groups in total. The SMILES string of the molecule is Cc1noc(CNS(=O)(=O)Cc2cccc(CO)c2)n1. The molecule has 7 nitrogen and oxygen atoms in total. The molecule has 0 fully saturated rings. The fraction of sp³-hybridized carbons (Fsp3) is 0.333. The van der Waals surface area contributed by atoms with Crippen LogP contribution in [0, 0.1) is 6.92 Å². The summed E-state index contributed by atoms with van der Waals surface area (Å²) in [5.74, 6) is 0.499. The maximum absolute atomic E-state index is 11.9. The third-order valence-corrected chi connectivity index (χ3v) is 3.84. The minimum absolute atomic E-state index is 0.0388. The molecule has 0 amide bonds. The highest BCUT2D eigenvalue weighted by Crippen LogP contribution is 2.09. The molecule has 8 heteroatoms. The van der Waals surface area contributed by atoms with Gasteiger partial charge in [-0.15, -0.1) is 0 Å². The Hall–Kier alpha value is -1.77. The fourth-order valence-corrected chi connectivity index (χ4v) is 2.74. The lowest BCUT2D eigenvalue weighted by molar-refractivity contribution is 0.282. The first kappa shape index (κ1) is 14.6. The second-order valence-electron chi connectivity index (χ2n) is 4.29. The van der Waals surface area contributed by atoms with Gasteiger partial charge in [0, 0.05) is 0 Å². The predicted octanol–water partition coefficient (Wildman–Crippen LogP) is 0.490. The summed E-state index contributed by atoms with van der Waals surface area (Å²) >= 11 is 0. The monoisotopic (exact) mass is 297 g/mol. The number of nitrogens with zero attached hydrogens (tertiary/aromatic N) is 2. The number of hydrogen-bond donors (Lipinski definition) is 2. The summed E-state index contributed by atoms with van der Waals surface area (Å²) in [6.07, 6.45) is 0. The van der Waals surface area contributed by atoms with Crippen LogP contribution in [0.3, 0.4) is 0 Å². The molecule has 1 aromatic heterocycles.